The lowest BCUT2D eigenvalue weighted by atomic mass is 10.0. The number of rotatable bonds is 43. The molecule has 7 nitrogen and oxygen atoms in total. The van der Waals surface area contributed by atoms with Crippen LogP contribution in [0.2, 0.25) is 0 Å². The van der Waals surface area contributed by atoms with Gasteiger partial charge < -0.3 is 9.47 Å². The molecule has 1 N–H and O–H groups in total. The first-order valence-corrected chi connectivity index (χ1v) is 26.5. The molecule has 0 heterocycles. The van der Waals surface area contributed by atoms with Gasteiger partial charge in [0.15, 0.2) is 0 Å². The molecule has 0 fully saturated rings. The first-order chi connectivity index (χ1) is 29.3. The minimum Gasteiger partial charge on any atom is -0.462 e. The molecule has 60 heavy (non-hydrogen) atoms. The van der Waals surface area contributed by atoms with Crippen LogP contribution < -0.4 is 0 Å². The highest BCUT2D eigenvalue weighted by Crippen LogP contribution is 2.20. The fourth-order valence-corrected chi connectivity index (χ4v) is 8.27. The van der Waals surface area contributed by atoms with E-state index in [0.717, 1.165) is 63.5 Å². The summed E-state index contributed by atoms with van der Waals surface area (Å²) in [4.78, 5) is 25.5. The van der Waals surface area contributed by atoms with Crippen LogP contribution in [0.5, 0.6) is 0 Å². The molecule has 8 heteroatoms. The highest BCUT2D eigenvalue weighted by atomic mass is 32.2. The molecule has 0 aliphatic rings. The number of hydrogen-bond acceptors (Lipinski definition) is 6. The van der Waals surface area contributed by atoms with Gasteiger partial charge in [0.05, 0.1) is 29.2 Å². The highest BCUT2D eigenvalue weighted by Gasteiger charge is 2.23. The monoisotopic (exact) mass is 859 g/mol. The molecule has 0 spiro atoms. The molecule has 0 radical (unpaired) electrons. The van der Waals surface area contributed by atoms with E-state index in [0.29, 0.717) is 6.42 Å². The maximum absolute atomic E-state index is 13.0. The zero-order valence-corrected chi connectivity index (χ0v) is 39.5. The van der Waals surface area contributed by atoms with Crippen LogP contribution in [0.1, 0.15) is 266 Å². The van der Waals surface area contributed by atoms with Crippen molar-refractivity contribution >= 4 is 22.1 Å². The summed E-state index contributed by atoms with van der Waals surface area (Å²) < 4.78 is 44.1. The Labute approximate surface area is 369 Å². The van der Waals surface area contributed by atoms with Gasteiger partial charge in [0, 0.05) is 0 Å². The number of unbranched alkanes of at least 4 members (excludes halogenated alkanes) is 32. The summed E-state index contributed by atoms with van der Waals surface area (Å²) in [6, 6.07) is 3.32. The van der Waals surface area contributed by atoms with Crippen molar-refractivity contribution in [3.05, 3.63) is 53.6 Å². The van der Waals surface area contributed by atoms with Gasteiger partial charge in [-0.05, 0) is 69.6 Å². The predicted molar refractivity (Wildman–Crippen MR) is 253 cm³/mol. The third-order valence-corrected chi connectivity index (χ3v) is 12.4. The Morgan fingerprint density at radius 3 is 1.02 bits per heavy atom. The van der Waals surface area contributed by atoms with Gasteiger partial charge in [-0.2, -0.15) is 8.42 Å². The van der Waals surface area contributed by atoms with E-state index in [1.165, 1.54) is 179 Å². The molecule has 1 aromatic rings. The van der Waals surface area contributed by atoms with E-state index in [-0.39, 0.29) is 24.3 Å². The molecule has 0 amide bonds. The SMILES string of the molecule is CC/C=C/CCCCCCCCCCCCCCCCCCOC(=O)c1ccc(S(=O)(=O)O)cc1C(=O)OCCCCCCCCCCCCCCCCCC/C=C/CC. The van der Waals surface area contributed by atoms with Crippen molar-refractivity contribution in [1.29, 1.82) is 0 Å². The molecule has 0 aliphatic carbocycles. The first kappa shape index (κ1) is 55.6. The van der Waals surface area contributed by atoms with Gasteiger partial charge in [0.25, 0.3) is 10.1 Å². The first-order valence-electron chi connectivity index (χ1n) is 25.1. The smallest absolute Gasteiger partial charge is 0.339 e. The Hall–Kier alpha value is -2.45. The molecule has 0 unspecified atom stereocenters. The molecule has 0 saturated heterocycles. The van der Waals surface area contributed by atoms with Crippen LogP contribution in [0.3, 0.4) is 0 Å². The Bertz CT molecular complexity index is 1340. The maximum Gasteiger partial charge on any atom is 0.339 e. The third-order valence-electron chi connectivity index (χ3n) is 11.5. The molecule has 0 bridgehead atoms. The molecule has 0 aliphatic heterocycles. The van der Waals surface area contributed by atoms with Crippen LogP contribution in [-0.4, -0.2) is 38.1 Å². The van der Waals surface area contributed by atoms with Gasteiger partial charge in [0.2, 0.25) is 0 Å². The quantitative estimate of drug-likeness (QED) is 0.0302. The Balaban J connectivity index is 2.13. The molecular weight excluding hydrogens is 769 g/mol. The van der Waals surface area contributed by atoms with E-state index in [9.17, 15) is 22.6 Å². The number of hydrogen-bond donors (Lipinski definition) is 1. The van der Waals surface area contributed by atoms with Crippen LogP contribution >= 0.6 is 0 Å². The van der Waals surface area contributed by atoms with Gasteiger partial charge in [-0.15, -0.1) is 0 Å². The van der Waals surface area contributed by atoms with Gasteiger partial charge in [-0.3, -0.25) is 4.55 Å². The number of carbonyl (C=O) groups is 2. The lowest BCUT2D eigenvalue weighted by molar-refractivity contribution is 0.0450. The predicted octanol–water partition coefficient (Wildman–Crippen LogP) is 16.4. The van der Waals surface area contributed by atoms with Crippen molar-refractivity contribution in [2.45, 2.75) is 250 Å². The molecule has 1 aromatic carbocycles. The van der Waals surface area contributed by atoms with Crippen LogP contribution in [0.4, 0.5) is 0 Å². The lowest BCUT2D eigenvalue weighted by Crippen LogP contribution is -2.16. The van der Waals surface area contributed by atoms with Gasteiger partial charge in [0.1, 0.15) is 0 Å². The second-order valence-electron chi connectivity index (χ2n) is 17.1. The van der Waals surface area contributed by atoms with Crippen LogP contribution in [-0.2, 0) is 19.6 Å². The van der Waals surface area contributed by atoms with Gasteiger partial charge in [-0.1, -0.05) is 218 Å². The summed E-state index contributed by atoms with van der Waals surface area (Å²) >= 11 is 0. The molecule has 0 saturated carbocycles. The number of carbonyl (C=O) groups excluding carboxylic acids is 2. The fourth-order valence-electron chi connectivity index (χ4n) is 7.76. The minimum atomic E-state index is -4.57. The summed E-state index contributed by atoms with van der Waals surface area (Å²) in [7, 11) is -4.57. The second-order valence-corrected chi connectivity index (χ2v) is 18.5. The number of ether oxygens (including phenoxy) is 2. The van der Waals surface area contributed by atoms with E-state index in [1.54, 1.807) is 0 Å². The largest absolute Gasteiger partial charge is 0.462 e. The lowest BCUT2D eigenvalue weighted by Gasteiger charge is -2.11. The van der Waals surface area contributed by atoms with Crippen molar-refractivity contribution in [1.82, 2.24) is 0 Å². The number of benzene rings is 1. The molecule has 0 aromatic heterocycles. The molecule has 1 rings (SSSR count). The van der Waals surface area contributed by atoms with E-state index in [2.05, 4.69) is 38.2 Å². The van der Waals surface area contributed by atoms with Gasteiger partial charge in [-0.25, -0.2) is 9.59 Å². The third kappa shape index (κ3) is 33.2. The summed E-state index contributed by atoms with van der Waals surface area (Å²) in [5.74, 6) is -1.49. The maximum atomic E-state index is 13.0. The molecule has 346 valence electrons. The summed E-state index contributed by atoms with van der Waals surface area (Å²) in [6.07, 6.45) is 53.9. The fraction of sp³-hybridized carbons (Fsp3) is 0.769. The van der Waals surface area contributed by atoms with Crippen molar-refractivity contribution in [2.75, 3.05) is 13.2 Å². The van der Waals surface area contributed by atoms with E-state index in [1.807, 2.05) is 0 Å². The average Bonchev–Trinajstić information content (AvgIpc) is 3.24. The van der Waals surface area contributed by atoms with Gasteiger partial charge >= 0.3 is 11.9 Å². The van der Waals surface area contributed by atoms with Crippen molar-refractivity contribution in [3.8, 4) is 0 Å². The molecular formula is C52H90O7S. The summed E-state index contributed by atoms with van der Waals surface area (Å²) in [6.45, 7) is 4.78. The van der Waals surface area contributed by atoms with Crippen molar-refractivity contribution in [3.63, 3.8) is 0 Å². The summed E-state index contributed by atoms with van der Waals surface area (Å²) in [5.41, 5.74) is -0.261. The average molecular weight is 859 g/mol. The van der Waals surface area contributed by atoms with E-state index >= 15 is 0 Å². The van der Waals surface area contributed by atoms with Crippen LogP contribution in [0.15, 0.2) is 47.4 Å². The van der Waals surface area contributed by atoms with Crippen LogP contribution in [0.25, 0.3) is 0 Å². The number of allylic oxidation sites excluding steroid dienone is 4. The van der Waals surface area contributed by atoms with E-state index in [4.69, 9.17) is 9.47 Å². The van der Waals surface area contributed by atoms with Crippen molar-refractivity contribution < 1.29 is 32.0 Å². The Morgan fingerprint density at radius 1 is 0.433 bits per heavy atom. The normalized spacial score (nSPS) is 11.9. The zero-order valence-electron chi connectivity index (χ0n) is 38.7. The zero-order chi connectivity index (χ0) is 43.6. The standard InChI is InChI=1S/C52H90O7S/c1-3-5-7-9-11-13-15-17-19-21-23-25-27-29-31-33-35-37-39-41-45-58-51(53)49-44-43-48(60(55,56)57)47-50(49)52(54)59-46-42-40-38-36-34-32-30-28-26-24-22-20-18-16-14-12-10-8-6-4-2/h5-8,43-44,47H,3-4,9-42,45-46H2,1-2H3,(H,55,56,57)/b7-5+,8-6+. The van der Waals surface area contributed by atoms with E-state index < -0.39 is 27.0 Å². The van der Waals surface area contributed by atoms with Crippen molar-refractivity contribution in [2.24, 2.45) is 0 Å². The second kappa shape index (κ2) is 40.6. The number of esters is 2. The Kier molecular flexibility index (Phi) is 37.6. The minimum absolute atomic E-state index is 0.0556. The van der Waals surface area contributed by atoms with Crippen LogP contribution in [0, 0.1) is 0 Å². The topological polar surface area (TPSA) is 107 Å². The summed E-state index contributed by atoms with van der Waals surface area (Å²) in [5, 5.41) is 0. The Morgan fingerprint density at radius 2 is 0.717 bits per heavy atom. The molecule has 0 atom stereocenters. The highest BCUT2D eigenvalue weighted by molar-refractivity contribution is 7.85.